The molecule has 0 bridgehead atoms. The van der Waals surface area contributed by atoms with Crippen molar-refractivity contribution in [1.82, 2.24) is 29.3 Å². The smallest absolute Gasteiger partial charge is 0.382 e. The van der Waals surface area contributed by atoms with Gasteiger partial charge in [-0.1, -0.05) is 0 Å². The van der Waals surface area contributed by atoms with Gasteiger partial charge in [0.1, 0.15) is 0 Å². The number of amides is 1. The molecule has 1 amide bonds. The average Bonchev–Trinajstić information content (AvgIpc) is 3.47. The molecule has 6 rings (SSSR count). The first-order chi connectivity index (χ1) is 17.0. The molecule has 11 heteroatoms. The lowest BCUT2D eigenvalue weighted by atomic mass is 9.97. The summed E-state index contributed by atoms with van der Waals surface area (Å²) in [5.41, 5.74) is 8.58. The van der Waals surface area contributed by atoms with Crippen molar-refractivity contribution in [2.24, 2.45) is 13.0 Å². The zero-order valence-electron chi connectivity index (χ0n) is 20.0. The van der Waals surface area contributed by atoms with Crippen LogP contribution in [-0.2, 0) is 19.8 Å². The predicted molar refractivity (Wildman–Crippen MR) is 127 cm³/mol. The normalized spacial score (nSPS) is 16.7. The minimum absolute atomic E-state index is 0.0936. The van der Waals surface area contributed by atoms with Crippen molar-refractivity contribution in [2.45, 2.75) is 45.5 Å². The number of halogens is 3. The number of aryl methyl sites for hydroxylation is 1. The molecule has 1 atom stereocenters. The summed E-state index contributed by atoms with van der Waals surface area (Å²) in [4.78, 5) is 19.3. The van der Waals surface area contributed by atoms with E-state index in [1.165, 1.54) is 4.52 Å². The van der Waals surface area contributed by atoms with Gasteiger partial charge in [-0.25, -0.2) is 9.50 Å². The molecule has 1 saturated carbocycles. The summed E-state index contributed by atoms with van der Waals surface area (Å²) in [6.45, 7) is 3.96. The standard InChI is InChI=1S/C25H24F3N7O/c1-12(14-4-5-14)34-11-16-8-15(9-18(25(26,27)28)20(16)24(34)36)19-6-7-35-23(31-19)21(22(29)32-35)17-10-30-33(3)13(17)2/h6-10,12,14H,4-5,11H2,1-3H3,(H2,29,32)/t12-/m0/s1. The van der Waals surface area contributed by atoms with Crippen LogP contribution in [0.5, 0.6) is 0 Å². The number of carbonyl (C=O) groups excluding carboxylic acids is 1. The van der Waals surface area contributed by atoms with E-state index in [0.717, 1.165) is 30.2 Å². The number of alkyl halides is 3. The van der Waals surface area contributed by atoms with Crippen LogP contribution in [0.4, 0.5) is 19.0 Å². The third kappa shape index (κ3) is 3.36. The van der Waals surface area contributed by atoms with Crippen LogP contribution in [0.2, 0.25) is 0 Å². The third-order valence-electron chi connectivity index (χ3n) is 7.45. The number of nitrogens with zero attached hydrogens (tertiary/aromatic N) is 6. The van der Waals surface area contributed by atoms with E-state index in [2.05, 4.69) is 15.2 Å². The highest BCUT2D eigenvalue weighted by molar-refractivity contribution is 6.01. The van der Waals surface area contributed by atoms with E-state index in [1.807, 2.05) is 13.8 Å². The van der Waals surface area contributed by atoms with E-state index < -0.39 is 17.6 Å². The first-order valence-corrected chi connectivity index (χ1v) is 11.7. The van der Waals surface area contributed by atoms with Gasteiger partial charge < -0.3 is 10.6 Å². The number of nitrogen functional groups attached to an aromatic ring is 1. The van der Waals surface area contributed by atoms with Crippen LogP contribution in [-0.4, -0.2) is 41.2 Å². The predicted octanol–water partition coefficient (Wildman–Crippen LogP) is 4.46. The molecule has 4 aromatic rings. The summed E-state index contributed by atoms with van der Waals surface area (Å²) < 4.78 is 45.7. The van der Waals surface area contributed by atoms with Crippen molar-refractivity contribution in [1.29, 1.82) is 0 Å². The van der Waals surface area contributed by atoms with E-state index in [1.54, 1.807) is 41.2 Å². The summed E-state index contributed by atoms with van der Waals surface area (Å²) in [5, 5.41) is 8.57. The van der Waals surface area contributed by atoms with Gasteiger partial charge in [0.05, 0.1) is 28.6 Å². The Hall–Kier alpha value is -3.89. The van der Waals surface area contributed by atoms with Crippen molar-refractivity contribution in [3.05, 3.63) is 53.0 Å². The maximum atomic E-state index is 14.2. The molecule has 0 spiro atoms. The number of fused-ring (bicyclic) bond motifs is 2. The molecule has 0 unspecified atom stereocenters. The molecule has 1 fully saturated rings. The highest BCUT2D eigenvalue weighted by Gasteiger charge is 2.44. The summed E-state index contributed by atoms with van der Waals surface area (Å²) in [5.74, 6) is 0.0448. The number of aromatic nitrogens is 5. The molecule has 1 aliphatic carbocycles. The minimum atomic E-state index is -4.68. The molecule has 36 heavy (non-hydrogen) atoms. The number of hydrogen-bond donors (Lipinski definition) is 1. The average molecular weight is 496 g/mol. The quantitative estimate of drug-likeness (QED) is 0.451. The second kappa shape index (κ2) is 7.55. The Bertz CT molecular complexity index is 1550. The van der Waals surface area contributed by atoms with Gasteiger partial charge in [0.25, 0.3) is 5.91 Å². The Kier molecular flexibility index (Phi) is 4.73. The van der Waals surface area contributed by atoms with Crippen LogP contribution < -0.4 is 5.73 Å². The van der Waals surface area contributed by atoms with Crippen LogP contribution in [0, 0.1) is 12.8 Å². The molecular formula is C25H24F3N7O. The first kappa shape index (κ1) is 22.6. The highest BCUT2D eigenvalue weighted by atomic mass is 19.4. The molecule has 0 radical (unpaired) electrons. The number of rotatable bonds is 4. The SMILES string of the molecule is Cc1c(-c2c(N)nn3ccc(-c4cc5c(c(C(F)(F)F)c4)C(=O)N([C@@H](C)C4CC4)C5)nc23)cnn1C. The zero-order chi connectivity index (χ0) is 25.5. The Labute approximate surface area is 204 Å². The van der Waals surface area contributed by atoms with Gasteiger partial charge in [0.2, 0.25) is 0 Å². The highest BCUT2D eigenvalue weighted by Crippen LogP contribution is 2.43. The van der Waals surface area contributed by atoms with E-state index >= 15 is 0 Å². The number of nitrogens with two attached hydrogens (primary N) is 1. The van der Waals surface area contributed by atoms with Crippen molar-refractivity contribution < 1.29 is 18.0 Å². The van der Waals surface area contributed by atoms with Crippen LogP contribution >= 0.6 is 0 Å². The van der Waals surface area contributed by atoms with Crippen molar-refractivity contribution >= 4 is 17.4 Å². The molecule has 4 heterocycles. The third-order valence-corrected chi connectivity index (χ3v) is 7.45. The molecular weight excluding hydrogens is 471 g/mol. The van der Waals surface area contributed by atoms with Crippen LogP contribution in [0.1, 0.15) is 46.9 Å². The Morgan fingerprint density at radius 3 is 2.58 bits per heavy atom. The summed E-state index contributed by atoms with van der Waals surface area (Å²) >= 11 is 0. The van der Waals surface area contributed by atoms with Crippen molar-refractivity contribution in [3.63, 3.8) is 0 Å². The van der Waals surface area contributed by atoms with E-state index in [-0.39, 0.29) is 29.5 Å². The van der Waals surface area contributed by atoms with Crippen molar-refractivity contribution in [3.8, 4) is 22.4 Å². The Balaban J connectivity index is 1.50. The fraction of sp³-hybridized carbons (Fsp3) is 0.360. The molecule has 1 aromatic carbocycles. The number of anilines is 1. The van der Waals surface area contributed by atoms with Gasteiger partial charge in [-0.05, 0) is 56.4 Å². The number of carbonyl (C=O) groups is 1. The lowest BCUT2D eigenvalue weighted by Gasteiger charge is -2.24. The van der Waals surface area contributed by atoms with E-state index in [9.17, 15) is 18.0 Å². The van der Waals surface area contributed by atoms with Crippen molar-refractivity contribution in [2.75, 3.05) is 5.73 Å². The van der Waals surface area contributed by atoms with Gasteiger partial charge in [0, 0.05) is 42.7 Å². The first-order valence-electron chi connectivity index (χ1n) is 11.7. The monoisotopic (exact) mass is 495 g/mol. The van der Waals surface area contributed by atoms with Gasteiger partial charge >= 0.3 is 6.18 Å². The summed E-state index contributed by atoms with van der Waals surface area (Å²) in [7, 11) is 1.80. The largest absolute Gasteiger partial charge is 0.417 e. The molecule has 0 saturated heterocycles. The van der Waals surface area contributed by atoms with Gasteiger partial charge in [0.15, 0.2) is 11.5 Å². The van der Waals surface area contributed by atoms with Crippen LogP contribution in [0.15, 0.2) is 30.6 Å². The van der Waals surface area contributed by atoms with Crippen LogP contribution in [0.3, 0.4) is 0 Å². The lowest BCUT2D eigenvalue weighted by Crippen LogP contribution is -2.35. The second-order valence-electron chi connectivity index (χ2n) is 9.68. The molecule has 1 aliphatic heterocycles. The number of benzene rings is 1. The fourth-order valence-corrected chi connectivity index (χ4v) is 5.12. The second-order valence-corrected chi connectivity index (χ2v) is 9.68. The topological polar surface area (TPSA) is 94.3 Å². The molecule has 8 nitrogen and oxygen atoms in total. The van der Waals surface area contributed by atoms with E-state index in [4.69, 9.17) is 5.73 Å². The van der Waals surface area contributed by atoms with Crippen LogP contribution in [0.25, 0.3) is 28.0 Å². The molecule has 3 aromatic heterocycles. The zero-order valence-corrected chi connectivity index (χ0v) is 20.0. The Morgan fingerprint density at radius 2 is 1.94 bits per heavy atom. The van der Waals surface area contributed by atoms with Gasteiger partial charge in [-0.15, -0.1) is 5.10 Å². The van der Waals surface area contributed by atoms with Gasteiger partial charge in [-0.2, -0.15) is 18.3 Å². The minimum Gasteiger partial charge on any atom is -0.382 e. The molecule has 186 valence electrons. The maximum Gasteiger partial charge on any atom is 0.417 e. The van der Waals surface area contributed by atoms with Gasteiger partial charge in [-0.3, -0.25) is 9.48 Å². The van der Waals surface area contributed by atoms with E-state index in [0.29, 0.717) is 28.4 Å². The maximum absolute atomic E-state index is 14.2. The Morgan fingerprint density at radius 1 is 1.19 bits per heavy atom. The fourth-order valence-electron chi connectivity index (χ4n) is 5.12. The summed E-state index contributed by atoms with van der Waals surface area (Å²) in [6.07, 6.45) is 0.592. The number of hydrogen-bond acceptors (Lipinski definition) is 5. The molecule has 2 N–H and O–H groups in total. The molecule has 2 aliphatic rings. The summed E-state index contributed by atoms with van der Waals surface area (Å²) in [6, 6.07) is 4.18. The lowest BCUT2D eigenvalue weighted by molar-refractivity contribution is -0.137.